The van der Waals surface area contributed by atoms with E-state index in [0.717, 1.165) is 35.3 Å². The Kier molecular flexibility index (Phi) is 9.83. The number of urea groups is 1. The van der Waals surface area contributed by atoms with Crippen molar-refractivity contribution in [1.82, 2.24) is 10.2 Å². The van der Waals surface area contributed by atoms with E-state index >= 15 is 0 Å². The molecule has 2 aliphatic rings. The summed E-state index contributed by atoms with van der Waals surface area (Å²) in [5, 5.41) is 27.1. The minimum atomic E-state index is -0.868. The van der Waals surface area contributed by atoms with Crippen LogP contribution in [0, 0.1) is 5.92 Å². The molecule has 8 nitrogen and oxygen atoms in total. The lowest BCUT2D eigenvalue weighted by atomic mass is 9.84. The Morgan fingerprint density at radius 3 is 2.24 bits per heavy atom. The van der Waals surface area contributed by atoms with Gasteiger partial charge in [-0.15, -0.1) is 0 Å². The summed E-state index contributed by atoms with van der Waals surface area (Å²) in [5.41, 5.74) is 3.46. The number of nitrogens with zero attached hydrogens (tertiary/aromatic N) is 1. The molecule has 0 aromatic heterocycles. The molecule has 2 heterocycles. The predicted octanol–water partition coefficient (Wildman–Crippen LogP) is 5.75. The molecule has 2 fully saturated rings. The highest BCUT2D eigenvalue weighted by molar-refractivity contribution is 6.30. The van der Waals surface area contributed by atoms with Gasteiger partial charge in [0.2, 0.25) is 0 Å². The third-order valence-corrected chi connectivity index (χ3v) is 8.66. The van der Waals surface area contributed by atoms with Crippen LogP contribution in [0.4, 0.5) is 10.5 Å². The maximum Gasteiger partial charge on any atom is 0.319 e. The molecular weight excluding hydrogens is 554 g/mol. The molecule has 4 atom stereocenters. The lowest BCUT2D eigenvalue weighted by Gasteiger charge is -2.45. The van der Waals surface area contributed by atoms with Crippen LogP contribution in [0.5, 0.6) is 0 Å². The number of piperidine rings is 1. The van der Waals surface area contributed by atoms with Crippen LogP contribution in [-0.2, 0) is 21.7 Å². The van der Waals surface area contributed by atoms with Crippen LogP contribution in [0.3, 0.4) is 0 Å². The number of hydrogen-bond donors (Lipinski definition) is 4. The van der Waals surface area contributed by atoms with E-state index in [0.29, 0.717) is 36.6 Å². The molecule has 2 saturated heterocycles. The van der Waals surface area contributed by atoms with Crippen LogP contribution >= 0.6 is 11.6 Å². The van der Waals surface area contributed by atoms with Gasteiger partial charge in [-0.3, -0.25) is 0 Å². The molecule has 5 rings (SSSR count). The quantitative estimate of drug-likeness (QED) is 0.265. The lowest BCUT2D eigenvalue weighted by molar-refractivity contribution is -0.277. The van der Waals surface area contributed by atoms with Gasteiger partial charge in [0.05, 0.1) is 24.4 Å². The van der Waals surface area contributed by atoms with Crippen LogP contribution < -0.4 is 10.6 Å². The zero-order valence-electron chi connectivity index (χ0n) is 24.1. The van der Waals surface area contributed by atoms with Crippen molar-refractivity contribution in [3.63, 3.8) is 0 Å². The fourth-order valence-electron chi connectivity index (χ4n) is 5.80. The number of hydrogen-bond acceptors (Lipinski definition) is 6. The topological polar surface area (TPSA) is 103 Å². The zero-order chi connectivity index (χ0) is 29.7. The third-order valence-electron chi connectivity index (χ3n) is 8.40. The van der Waals surface area contributed by atoms with Crippen molar-refractivity contribution >= 4 is 23.3 Å². The summed E-state index contributed by atoms with van der Waals surface area (Å²) >= 11 is 6.06. The zero-order valence-corrected chi connectivity index (χ0v) is 24.9. The molecule has 0 unspecified atom stereocenters. The second-order valence-corrected chi connectivity index (χ2v) is 11.7. The third kappa shape index (κ3) is 7.14. The van der Waals surface area contributed by atoms with Crippen molar-refractivity contribution in [2.45, 2.75) is 57.4 Å². The highest BCUT2D eigenvalue weighted by Gasteiger charge is 2.41. The number of amides is 2. The molecule has 0 aliphatic carbocycles. The van der Waals surface area contributed by atoms with Crippen LogP contribution in [0.15, 0.2) is 72.8 Å². The molecule has 0 radical (unpaired) electrons. The van der Waals surface area contributed by atoms with Crippen LogP contribution in [0.25, 0.3) is 0 Å². The van der Waals surface area contributed by atoms with Crippen molar-refractivity contribution in [3.8, 4) is 0 Å². The molecule has 3 aromatic rings. The van der Waals surface area contributed by atoms with Crippen molar-refractivity contribution < 1.29 is 24.5 Å². The van der Waals surface area contributed by atoms with Gasteiger partial charge >= 0.3 is 6.03 Å². The first kappa shape index (κ1) is 30.5. The molecule has 42 heavy (non-hydrogen) atoms. The van der Waals surface area contributed by atoms with Crippen molar-refractivity contribution in [2.24, 2.45) is 5.92 Å². The minimum Gasteiger partial charge on any atom is -0.392 e. The first-order valence-corrected chi connectivity index (χ1v) is 15.0. The Hall–Kier alpha value is -2.98. The van der Waals surface area contributed by atoms with E-state index in [9.17, 15) is 15.0 Å². The molecule has 0 bridgehead atoms. The molecule has 224 valence electrons. The van der Waals surface area contributed by atoms with Crippen molar-refractivity contribution in [2.75, 3.05) is 31.5 Å². The molecule has 0 spiro atoms. The molecule has 2 amide bonds. The maximum atomic E-state index is 11.9. The van der Waals surface area contributed by atoms with Gasteiger partial charge in [0.1, 0.15) is 0 Å². The van der Waals surface area contributed by atoms with Gasteiger partial charge in [-0.1, -0.05) is 67.1 Å². The number of aliphatic hydroxyl groups excluding tert-OH is 1. The summed E-state index contributed by atoms with van der Waals surface area (Å²) in [6, 6.07) is 22.6. The minimum absolute atomic E-state index is 0.0102. The molecule has 2 aliphatic heterocycles. The average Bonchev–Trinajstić information content (AvgIpc) is 3.00. The number of nitrogens with one attached hydrogen (secondary N) is 2. The summed E-state index contributed by atoms with van der Waals surface area (Å²) in [7, 11) is 0. The lowest BCUT2D eigenvalue weighted by Crippen LogP contribution is -2.49. The largest absolute Gasteiger partial charge is 0.392 e. The van der Waals surface area contributed by atoms with Gasteiger partial charge in [0.25, 0.3) is 0 Å². The molecule has 9 heteroatoms. The number of ether oxygens (including phenoxy) is 2. The van der Waals surface area contributed by atoms with E-state index in [1.54, 1.807) is 0 Å². The van der Waals surface area contributed by atoms with Crippen molar-refractivity contribution in [3.05, 3.63) is 100 Å². The highest BCUT2D eigenvalue weighted by Crippen LogP contribution is 2.42. The number of halogens is 1. The number of rotatable bonds is 8. The Morgan fingerprint density at radius 1 is 0.976 bits per heavy atom. The van der Waals surface area contributed by atoms with E-state index < -0.39 is 11.9 Å². The van der Waals surface area contributed by atoms with Gasteiger partial charge in [-0.05, 0) is 60.7 Å². The molecule has 4 N–H and O–H groups in total. The SMILES string of the molecule is CCNC(=O)Nc1ccc([C@@H]2O[C@H](CN3CCC(O)(c4ccc(Cl)cc4)CC3)[C@H](C)[C@H](c3ccc(CO)cc3)O2)cc1. The maximum absolute atomic E-state index is 11.9. The van der Waals surface area contributed by atoms with E-state index in [4.69, 9.17) is 21.1 Å². The van der Waals surface area contributed by atoms with Crippen LogP contribution in [-0.4, -0.2) is 53.4 Å². The molecule has 0 saturated carbocycles. The Morgan fingerprint density at radius 2 is 1.62 bits per heavy atom. The van der Waals surface area contributed by atoms with Crippen LogP contribution in [0.1, 0.15) is 61.3 Å². The number of benzene rings is 3. The second kappa shape index (κ2) is 13.5. The van der Waals surface area contributed by atoms with Gasteiger partial charge in [-0.25, -0.2) is 4.79 Å². The number of carbonyl (C=O) groups is 1. The first-order chi connectivity index (χ1) is 20.3. The standard InChI is InChI=1S/C33H40ClN3O5/c1-3-35-32(39)36-28-14-8-25(9-15-28)31-41-29(22(2)30(42-31)24-6-4-23(21-38)5-7-24)20-37-18-16-33(40,17-19-37)26-10-12-27(34)13-11-26/h4-15,22,29-31,38,40H,3,16-21H2,1-2H3,(H2,35,36,39)/t22-,29+,30+,31+/m0/s1. The second-order valence-electron chi connectivity index (χ2n) is 11.3. The summed E-state index contributed by atoms with van der Waals surface area (Å²) in [5.74, 6) is 0.0528. The van der Waals surface area contributed by atoms with Gasteiger partial charge in [0.15, 0.2) is 6.29 Å². The fraction of sp³-hybridized carbons (Fsp3) is 0.424. The average molecular weight is 594 g/mol. The summed E-state index contributed by atoms with van der Waals surface area (Å²) < 4.78 is 13.2. The molecule has 3 aromatic carbocycles. The van der Waals surface area contributed by atoms with E-state index in [-0.39, 0.29) is 30.8 Å². The number of anilines is 1. The van der Waals surface area contributed by atoms with E-state index in [1.165, 1.54) is 0 Å². The number of likely N-dealkylation sites (tertiary alicyclic amines) is 1. The normalized spacial score (nSPS) is 24.2. The number of carbonyl (C=O) groups excluding carboxylic acids is 1. The Balaban J connectivity index is 1.31. The van der Waals surface area contributed by atoms with Gasteiger partial charge in [0, 0.05) is 48.4 Å². The fourth-order valence-corrected chi connectivity index (χ4v) is 5.92. The van der Waals surface area contributed by atoms with E-state index in [2.05, 4.69) is 22.5 Å². The Labute approximate surface area is 252 Å². The molecular formula is C33H40ClN3O5. The van der Waals surface area contributed by atoms with Gasteiger partial charge in [-0.2, -0.15) is 0 Å². The van der Waals surface area contributed by atoms with Crippen LogP contribution in [0.2, 0.25) is 5.02 Å². The monoisotopic (exact) mass is 593 g/mol. The number of aliphatic hydroxyl groups is 2. The first-order valence-electron chi connectivity index (χ1n) is 14.6. The van der Waals surface area contributed by atoms with E-state index in [1.807, 2.05) is 79.7 Å². The van der Waals surface area contributed by atoms with Crippen molar-refractivity contribution in [1.29, 1.82) is 0 Å². The summed E-state index contributed by atoms with van der Waals surface area (Å²) in [6.45, 7) is 6.75. The summed E-state index contributed by atoms with van der Waals surface area (Å²) in [6.07, 6.45) is 0.318. The Bertz CT molecular complexity index is 1310. The van der Waals surface area contributed by atoms with Gasteiger partial charge < -0.3 is 35.2 Å². The highest BCUT2D eigenvalue weighted by atomic mass is 35.5. The predicted molar refractivity (Wildman–Crippen MR) is 163 cm³/mol. The smallest absolute Gasteiger partial charge is 0.319 e. The summed E-state index contributed by atoms with van der Waals surface area (Å²) in [4.78, 5) is 14.3.